The molecule has 1 fully saturated rings. The summed E-state index contributed by atoms with van der Waals surface area (Å²) in [5.41, 5.74) is 0.339. The summed E-state index contributed by atoms with van der Waals surface area (Å²) in [4.78, 5) is 35.6. The molecule has 0 N–H and O–H groups in total. The molecule has 1 saturated heterocycles. The van der Waals surface area contributed by atoms with E-state index in [-0.39, 0.29) is 29.8 Å². The quantitative estimate of drug-likeness (QED) is 0.479. The van der Waals surface area contributed by atoms with E-state index in [1.54, 1.807) is 4.90 Å². The molecule has 1 amide bonds. The van der Waals surface area contributed by atoms with Crippen molar-refractivity contribution < 1.29 is 14.5 Å². The molecule has 0 spiro atoms. The van der Waals surface area contributed by atoms with Crippen LogP contribution in [0.3, 0.4) is 0 Å². The van der Waals surface area contributed by atoms with Crippen LogP contribution < -0.4 is 0 Å². The molecular weight excluding hydrogens is 260 g/mol. The standard InChI is InChI=1S/C14H16N2O4/c1-10-3-2-8-15(14(10)18)9-13(17)11-4-6-12(7-5-11)16(19)20/h4-7,10H,2-3,8-9H2,1H3. The van der Waals surface area contributed by atoms with Gasteiger partial charge in [0.1, 0.15) is 0 Å². The van der Waals surface area contributed by atoms with Gasteiger partial charge < -0.3 is 4.90 Å². The molecule has 0 aromatic heterocycles. The van der Waals surface area contributed by atoms with E-state index in [1.807, 2.05) is 6.92 Å². The molecule has 0 aliphatic carbocycles. The second kappa shape index (κ2) is 5.81. The number of nitro groups is 1. The van der Waals surface area contributed by atoms with Gasteiger partial charge in [0, 0.05) is 30.2 Å². The van der Waals surface area contributed by atoms with Crippen LogP contribution in [0, 0.1) is 16.0 Å². The molecule has 106 valence electrons. The molecule has 6 heteroatoms. The van der Waals surface area contributed by atoms with Gasteiger partial charge in [0.2, 0.25) is 5.91 Å². The summed E-state index contributed by atoms with van der Waals surface area (Å²) in [6, 6.07) is 5.46. The van der Waals surface area contributed by atoms with Gasteiger partial charge in [0.05, 0.1) is 11.5 Å². The van der Waals surface area contributed by atoms with Crippen LogP contribution in [0.2, 0.25) is 0 Å². The molecule has 0 saturated carbocycles. The second-order valence-corrected chi connectivity index (χ2v) is 5.03. The van der Waals surface area contributed by atoms with Gasteiger partial charge in [0.25, 0.3) is 5.69 Å². The molecule has 1 unspecified atom stereocenters. The molecule has 1 aliphatic rings. The highest BCUT2D eigenvalue weighted by molar-refractivity contribution is 5.99. The van der Waals surface area contributed by atoms with E-state index in [0.29, 0.717) is 12.1 Å². The zero-order valence-corrected chi connectivity index (χ0v) is 11.2. The highest BCUT2D eigenvalue weighted by atomic mass is 16.6. The van der Waals surface area contributed by atoms with E-state index in [0.717, 1.165) is 12.8 Å². The third-order valence-electron chi connectivity index (χ3n) is 3.53. The van der Waals surface area contributed by atoms with E-state index in [2.05, 4.69) is 0 Å². The van der Waals surface area contributed by atoms with Gasteiger partial charge in [-0.3, -0.25) is 19.7 Å². The maximum atomic E-state index is 12.1. The average molecular weight is 276 g/mol. The van der Waals surface area contributed by atoms with Crippen LogP contribution in [0.25, 0.3) is 0 Å². The number of benzene rings is 1. The SMILES string of the molecule is CC1CCCN(CC(=O)c2ccc([N+](=O)[O-])cc2)C1=O. The Morgan fingerprint density at radius 2 is 2.05 bits per heavy atom. The number of nitrogens with zero attached hydrogens (tertiary/aromatic N) is 2. The van der Waals surface area contributed by atoms with Gasteiger partial charge in [0.15, 0.2) is 5.78 Å². The number of Topliss-reactive ketones (excluding diaryl/α,β-unsaturated/α-hetero) is 1. The van der Waals surface area contributed by atoms with Gasteiger partial charge in [-0.25, -0.2) is 0 Å². The lowest BCUT2D eigenvalue weighted by molar-refractivity contribution is -0.384. The molecule has 2 rings (SSSR count). The van der Waals surface area contributed by atoms with Crippen molar-refractivity contribution in [3.05, 3.63) is 39.9 Å². The summed E-state index contributed by atoms with van der Waals surface area (Å²) < 4.78 is 0. The second-order valence-electron chi connectivity index (χ2n) is 5.03. The summed E-state index contributed by atoms with van der Waals surface area (Å²) in [6.45, 7) is 2.51. The van der Waals surface area contributed by atoms with E-state index < -0.39 is 4.92 Å². The third kappa shape index (κ3) is 3.01. The first-order chi connectivity index (χ1) is 9.49. The summed E-state index contributed by atoms with van der Waals surface area (Å²) in [5.74, 6) is -0.220. The van der Waals surface area contributed by atoms with Crippen molar-refractivity contribution in [2.45, 2.75) is 19.8 Å². The molecule has 6 nitrogen and oxygen atoms in total. The van der Waals surface area contributed by atoms with Crippen LogP contribution in [0.1, 0.15) is 30.1 Å². The Hall–Kier alpha value is -2.24. The number of nitro benzene ring substituents is 1. The highest BCUT2D eigenvalue weighted by Crippen LogP contribution is 2.18. The fourth-order valence-corrected chi connectivity index (χ4v) is 2.32. The van der Waals surface area contributed by atoms with Gasteiger partial charge in [-0.2, -0.15) is 0 Å². The largest absolute Gasteiger partial charge is 0.335 e. The molecule has 20 heavy (non-hydrogen) atoms. The van der Waals surface area contributed by atoms with Gasteiger partial charge >= 0.3 is 0 Å². The number of non-ortho nitro benzene ring substituents is 1. The number of amides is 1. The van der Waals surface area contributed by atoms with Gasteiger partial charge in [-0.15, -0.1) is 0 Å². The predicted molar refractivity (Wildman–Crippen MR) is 72.4 cm³/mol. The number of rotatable bonds is 4. The minimum atomic E-state index is -0.510. The smallest absolute Gasteiger partial charge is 0.269 e. The summed E-state index contributed by atoms with van der Waals surface area (Å²) in [6.07, 6.45) is 1.77. The highest BCUT2D eigenvalue weighted by Gasteiger charge is 2.26. The summed E-state index contributed by atoms with van der Waals surface area (Å²) >= 11 is 0. The number of carbonyl (C=O) groups is 2. The number of carbonyl (C=O) groups excluding carboxylic acids is 2. The van der Waals surface area contributed by atoms with Crippen molar-refractivity contribution in [2.75, 3.05) is 13.1 Å². The molecule has 1 aliphatic heterocycles. The van der Waals surface area contributed by atoms with Crippen LogP contribution in [-0.2, 0) is 4.79 Å². The Kier molecular flexibility index (Phi) is 4.12. The number of piperidine rings is 1. The number of hydrogen-bond acceptors (Lipinski definition) is 4. The number of hydrogen-bond donors (Lipinski definition) is 0. The fourth-order valence-electron chi connectivity index (χ4n) is 2.32. The number of likely N-dealkylation sites (tertiary alicyclic amines) is 1. The Balaban J connectivity index is 2.04. The van der Waals surface area contributed by atoms with Crippen molar-refractivity contribution in [1.29, 1.82) is 0 Å². The van der Waals surface area contributed by atoms with Crippen LogP contribution in [0.15, 0.2) is 24.3 Å². The first-order valence-electron chi connectivity index (χ1n) is 6.55. The van der Waals surface area contributed by atoms with Crippen molar-refractivity contribution in [1.82, 2.24) is 4.90 Å². The molecule has 1 atom stereocenters. The Labute approximate surface area is 116 Å². The van der Waals surface area contributed by atoms with Crippen LogP contribution >= 0.6 is 0 Å². The Morgan fingerprint density at radius 3 is 2.65 bits per heavy atom. The minimum absolute atomic E-state index is 0.00603. The lowest BCUT2D eigenvalue weighted by atomic mass is 9.98. The van der Waals surface area contributed by atoms with Crippen molar-refractivity contribution in [2.24, 2.45) is 5.92 Å². The van der Waals surface area contributed by atoms with E-state index in [1.165, 1.54) is 24.3 Å². The lowest BCUT2D eigenvalue weighted by Gasteiger charge is -2.30. The lowest BCUT2D eigenvalue weighted by Crippen LogP contribution is -2.42. The Bertz CT molecular complexity index is 539. The van der Waals surface area contributed by atoms with Crippen molar-refractivity contribution >= 4 is 17.4 Å². The monoisotopic (exact) mass is 276 g/mol. The normalized spacial score (nSPS) is 18.9. The van der Waals surface area contributed by atoms with E-state index >= 15 is 0 Å². The molecule has 1 aromatic rings. The molecule has 1 heterocycles. The van der Waals surface area contributed by atoms with Crippen LogP contribution in [0.5, 0.6) is 0 Å². The van der Waals surface area contributed by atoms with Crippen molar-refractivity contribution in [3.8, 4) is 0 Å². The summed E-state index contributed by atoms with van der Waals surface area (Å²) in [7, 11) is 0. The van der Waals surface area contributed by atoms with Crippen LogP contribution in [0.4, 0.5) is 5.69 Å². The van der Waals surface area contributed by atoms with Crippen molar-refractivity contribution in [3.63, 3.8) is 0 Å². The fraction of sp³-hybridized carbons (Fsp3) is 0.429. The van der Waals surface area contributed by atoms with E-state index in [9.17, 15) is 19.7 Å². The maximum Gasteiger partial charge on any atom is 0.269 e. The molecule has 1 aromatic carbocycles. The van der Waals surface area contributed by atoms with E-state index in [4.69, 9.17) is 0 Å². The topological polar surface area (TPSA) is 80.5 Å². The zero-order chi connectivity index (χ0) is 14.7. The van der Waals surface area contributed by atoms with Gasteiger partial charge in [-0.1, -0.05) is 6.92 Å². The Morgan fingerprint density at radius 1 is 1.40 bits per heavy atom. The zero-order valence-electron chi connectivity index (χ0n) is 11.2. The molecule has 0 bridgehead atoms. The summed E-state index contributed by atoms with van der Waals surface area (Å²) in [5, 5.41) is 10.5. The average Bonchev–Trinajstić information content (AvgIpc) is 2.44. The minimum Gasteiger partial charge on any atom is -0.335 e. The van der Waals surface area contributed by atoms with Crippen LogP contribution in [-0.4, -0.2) is 34.6 Å². The first-order valence-corrected chi connectivity index (χ1v) is 6.55. The third-order valence-corrected chi connectivity index (χ3v) is 3.53. The number of ketones is 1. The first kappa shape index (κ1) is 14.2. The van der Waals surface area contributed by atoms with Gasteiger partial charge in [-0.05, 0) is 25.0 Å². The maximum absolute atomic E-state index is 12.1. The molecular formula is C14H16N2O4. The predicted octanol–water partition coefficient (Wildman–Crippen LogP) is 2.04. The molecule has 0 radical (unpaired) electrons.